The van der Waals surface area contributed by atoms with E-state index in [1.165, 1.54) is 51.1 Å². The molecule has 1 aliphatic carbocycles. The Balaban J connectivity index is 1.82. The van der Waals surface area contributed by atoms with E-state index in [0.29, 0.717) is 17.1 Å². The van der Waals surface area contributed by atoms with Gasteiger partial charge in [0.05, 0.1) is 11.4 Å². The summed E-state index contributed by atoms with van der Waals surface area (Å²) in [6.45, 7) is 0. The van der Waals surface area contributed by atoms with Gasteiger partial charge in [-0.2, -0.15) is 0 Å². The SMILES string of the molecule is CN(C)c1ccc(Nc2cc(=O)n(C)c3c2c(=O)n(C2CC2)c(=O)n3-c2ccc(F)cc2)cc1. The third-order valence-corrected chi connectivity index (χ3v) is 6.11. The molecule has 0 aliphatic heterocycles. The average Bonchev–Trinajstić information content (AvgIpc) is 3.63. The van der Waals surface area contributed by atoms with E-state index < -0.39 is 22.6 Å². The first-order chi connectivity index (χ1) is 16.3. The molecular formula is C25H24FN5O3. The number of aryl methyl sites for hydroxylation is 1. The molecule has 34 heavy (non-hydrogen) atoms. The average molecular weight is 461 g/mol. The van der Waals surface area contributed by atoms with E-state index in [-0.39, 0.29) is 17.1 Å². The molecule has 0 atom stereocenters. The van der Waals surface area contributed by atoms with Crippen LogP contribution in [-0.2, 0) is 7.05 Å². The Morgan fingerprint density at radius 1 is 0.971 bits per heavy atom. The van der Waals surface area contributed by atoms with Gasteiger partial charge in [0.15, 0.2) is 0 Å². The van der Waals surface area contributed by atoms with Crippen LogP contribution in [0.15, 0.2) is 69.0 Å². The Kier molecular flexibility index (Phi) is 5.11. The van der Waals surface area contributed by atoms with Crippen LogP contribution in [0.2, 0.25) is 0 Å². The third-order valence-electron chi connectivity index (χ3n) is 6.11. The lowest BCUT2D eigenvalue weighted by Gasteiger charge is -2.19. The summed E-state index contributed by atoms with van der Waals surface area (Å²) in [6.07, 6.45) is 1.45. The lowest BCUT2D eigenvalue weighted by molar-refractivity contribution is 0.623. The van der Waals surface area contributed by atoms with Gasteiger partial charge in [-0.1, -0.05) is 0 Å². The molecular weight excluding hydrogens is 437 g/mol. The monoisotopic (exact) mass is 461 g/mol. The molecule has 8 nitrogen and oxygen atoms in total. The Morgan fingerprint density at radius 2 is 1.62 bits per heavy atom. The van der Waals surface area contributed by atoms with Crippen LogP contribution < -0.4 is 27.0 Å². The highest BCUT2D eigenvalue weighted by molar-refractivity contribution is 5.91. The Hall–Kier alpha value is -4.14. The van der Waals surface area contributed by atoms with Gasteiger partial charge in [0, 0.05) is 44.6 Å². The summed E-state index contributed by atoms with van der Waals surface area (Å²) in [4.78, 5) is 42.0. The number of hydrogen-bond donors (Lipinski definition) is 1. The van der Waals surface area contributed by atoms with E-state index in [1.54, 1.807) is 0 Å². The van der Waals surface area contributed by atoms with Gasteiger partial charge in [-0.15, -0.1) is 0 Å². The fraction of sp³-hybridized carbons (Fsp3) is 0.240. The summed E-state index contributed by atoms with van der Waals surface area (Å²) in [5.41, 5.74) is 1.13. The maximum atomic E-state index is 13.6. The fourth-order valence-corrected chi connectivity index (χ4v) is 4.14. The summed E-state index contributed by atoms with van der Waals surface area (Å²) < 4.78 is 17.5. The van der Waals surface area contributed by atoms with Gasteiger partial charge in [0.1, 0.15) is 16.9 Å². The molecule has 0 saturated heterocycles. The van der Waals surface area contributed by atoms with Crippen molar-refractivity contribution in [2.24, 2.45) is 7.05 Å². The highest BCUT2D eigenvalue weighted by Crippen LogP contribution is 2.33. The van der Waals surface area contributed by atoms with Crippen LogP contribution in [0.5, 0.6) is 0 Å². The second-order valence-electron chi connectivity index (χ2n) is 8.72. The smallest absolute Gasteiger partial charge is 0.337 e. The van der Waals surface area contributed by atoms with Crippen molar-refractivity contribution in [3.8, 4) is 5.69 Å². The van der Waals surface area contributed by atoms with E-state index in [9.17, 15) is 18.8 Å². The summed E-state index contributed by atoms with van der Waals surface area (Å²) in [6, 6.07) is 14.1. The summed E-state index contributed by atoms with van der Waals surface area (Å²) in [7, 11) is 5.39. The largest absolute Gasteiger partial charge is 0.378 e. The molecule has 1 N–H and O–H groups in total. The summed E-state index contributed by atoms with van der Waals surface area (Å²) in [5, 5.41) is 3.41. The molecule has 0 unspecified atom stereocenters. The van der Waals surface area contributed by atoms with Crippen molar-refractivity contribution < 1.29 is 4.39 Å². The second kappa shape index (κ2) is 8.02. The highest BCUT2D eigenvalue weighted by atomic mass is 19.1. The number of anilines is 3. The van der Waals surface area contributed by atoms with Crippen molar-refractivity contribution in [1.29, 1.82) is 0 Å². The first kappa shape index (κ1) is 21.7. The van der Waals surface area contributed by atoms with Crippen LogP contribution in [0, 0.1) is 5.82 Å². The molecule has 0 bridgehead atoms. The Labute approximate surface area is 194 Å². The molecule has 1 fully saturated rings. The van der Waals surface area contributed by atoms with Crippen LogP contribution >= 0.6 is 0 Å². The number of benzene rings is 2. The van der Waals surface area contributed by atoms with Gasteiger partial charge in [0.2, 0.25) is 0 Å². The molecule has 5 rings (SSSR count). The number of rotatable bonds is 5. The molecule has 2 aromatic heterocycles. The first-order valence-electron chi connectivity index (χ1n) is 11.0. The lowest BCUT2D eigenvalue weighted by atomic mass is 10.2. The molecule has 2 heterocycles. The Morgan fingerprint density at radius 3 is 2.21 bits per heavy atom. The molecule has 4 aromatic rings. The molecule has 1 aliphatic rings. The molecule has 174 valence electrons. The second-order valence-corrected chi connectivity index (χ2v) is 8.72. The van der Waals surface area contributed by atoms with Gasteiger partial charge in [-0.05, 0) is 61.4 Å². The molecule has 0 amide bonds. The highest BCUT2D eigenvalue weighted by Gasteiger charge is 2.30. The maximum Gasteiger partial charge on any atom is 0.337 e. The van der Waals surface area contributed by atoms with Crippen LogP contribution in [-0.4, -0.2) is 27.8 Å². The number of pyridine rings is 1. The van der Waals surface area contributed by atoms with Gasteiger partial charge in [0.25, 0.3) is 11.1 Å². The van der Waals surface area contributed by atoms with Crippen molar-refractivity contribution in [3.05, 3.63) is 91.6 Å². The number of fused-ring (bicyclic) bond motifs is 1. The Bertz CT molecular complexity index is 1580. The number of halogens is 1. The van der Waals surface area contributed by atoms with Crippen molar-refractivity contribution in [2.75, 3.05) is 24.3 Å². The number of nitrogens with zero attached hydrogens (tertiary/aromatic N) is 4. The van der Waals surface area contributed by atoms with E-state index in [2.05, 4.69) is 5.32 Å². The summed E-state index contributed by atoms with van der Waals surface area (Å²) >= 11 is 0. The molecule has 0 radical (unpaired) electrons. The van der Waals surface area contributed by atoms with Crippen LogP contribution in [0.3, 0.4) is 0 Å². The topological polar surface area (TPSA) is 81.3 Å². The van der Waals surface area contributed by atoms with Crippen LogP contribution in [0.25, 0.3) is 16.7 Å². The number of hydrogen-bond acceptors (Lipinski definition) is 5. The van der Waals surface area contributed by atoms with E-state index in [1.807, 2.05) is 43.3 Å². The van der Waals surface area contributed by atoms with Crippen molar-refractivity contribution in [3.63, 3.8) is 0 Å². The summed E-state index contributed by atoms with van der Waals surface area (Å²) in [5.74, 6) is -0.450. The molecule has 9 heteroatoms. The normalized spacial score (nSPS) is 13.3. The van der Waals surface area contributed by atoms with Gasteiger partial charge in [-0.3, -0.25) is 18.7 Å². The zero-order valence-corrected chi connectivity index (χ0v) is 19.1. The number of aromatic nitrogens is 3. The zero-order chi connectivity index (χ0) is 24.1. The van der Waals surface area contributed by atoms with Crippen LogP contribution in [0.4, 0.5) is 21.5 Å². The predicted molar refractivity (Wildman–Crippen MR) is 131 cm³/mol. The van der Waals surface area contributed by atoms with Gasteiger partial charge in [-0.25, -0.2) is 13.8 Å². The fourth-order valence-electron chi connectivity index (χ4n) is 4.14. The number of nitrogens with one attached hydrogen (secondary N) is 1. The van der Waals surface area contributed by atoms with Gasteiger partial charge >= 0.3 is 5.69 Å². The van der Waals surface area contributed by atoms with Gasteiger partial charge < -0.3 is 10.2 Å². The molecule has 2 aromatic carbocycles. The minimum absolute atomic E-state index is 0.151. The minimum Gasteiger partial charge on any atom is -0.378 e. The van der Waals surface area contributed by atoms with Crippen molar-refractivity contribution >= 4 is 28.1 Å². The predicted octanol–water partition coefficient (Wildman–Crippen LogP) is 3.13. The quantitative estimate of drug-likeness (QED) is 0.494. The van der Waals surface area contributed by atoms with Crippen molar-refractivity contribution in [2.45, 2.75) is 18.9 Å². The van der Waals surface area contributed by atoms with E-state index >= 15 is 0 Å². The van der Waals surface area contributed by atoms with E-state index in [4.69, 9.17) is 0 Å². The molecule has 1 saturated carbocycles. The lowest BCUT2D eigenvalue weighted by Crippen LogP contribution is -2.41. The first-order valence-corrected chi connectivity index (χ1v) is 11.0. The van der Waals surface area contributed by atoms with E-state index in [0.717, 1.165) is 18.5 Å². The zero-order valence-electron chi connectivity index (χ0n) is 19.1. The van der Waals surface area contributed by atoms with Crippen molar-refractivity contribution in [1.82, 2.24) is 13.7 Å². The van der Waals surface area contributed by atoms with Crippen LogP contribution in [0.1, 0.15) is 18.9 Å². The maximum absolute atomic E-state index is 13.6. The third kappa shape index (κ3) is 3.59. The minimum atomic E-state index is -0.547. The molecule has 0 spiro atoms. The standard InChI is InChI=1S/C25H24FN5O3/c1-28(2)17-10-6-16(7-11-17)27-20-14-21(32)29(3)23-22(20)24(33)31(19-12-13-19)25(34)30(23)18-8-4-15(26)5-9-18/h4-11,14,19,27H,12-13H2,1-3H3.